The van der Waals surface area contributed by atoms with E-state index in [9.17, 15) is 28.8 Å². The molecule has 3 unspecified atom stereocenters. The second-order valence-electron chi connectivity index (χ2n) is 7.60. The standard InChI is InChI=1S/C20H27NO13/c1-8(22)21-14-16(15(31-11(4)25)13(30-10(3)24)7-29-9(2)23)33-20(19(27)28-6)18(34-20)17(14)32-12(5)26/h13-18H,7H2,1-6H3,(H,21,22)/t13-,14+,15-,16?,17?,18?,20-/m1/s1. The number of fused-ring (bicyclic) bond motifs is 1. The van der Waals surface area contributed by atoms with Crippen LogP contribution in [0.15, 0.2) is 0 Å². The topological polar surface area (TPSA) is 182 Å². The Balaban J connectivity index is 2.58. The van der Waals surface area contributed by atoms with Gasteiger partial charge in [0.15, 0.2) is 24.4 Å². The molecule has 0 aromatic carbocycles. The van der Waals surface area contributed by atoms with E-state index in [4.69, 9.17) is 33.2 Å². The number of epoxide rings is 1. The second-order valence-corrected chi connectivity index (χ2v) is 7.60. The third-order valence-electron chi connectivity index (χ3n) is 4.84. The van der Waals surface area contributed by atoms with Gasteiger partial charge >= 0.3 is 35.6 Å². The average Bonchev–Trinajstić information content (AvgIpc) is 3.45. The van der Waals surface area contributed by atoms with Crippen molar-refractivity contribution in [3.63, 3.8) is 0 Å². The maximum Gasteiger partial charge on any atom is 0.369 e. The molecule has 2 aliphatic rings. The molecule has 2 rings (SSSR count). The lowest BCUT2D eigenvalue weighted by Crippen LogP contribution is -2.67. The minimum Gasteiger partial charge on any atom is -0.465 e. The van der Waals surface area contributed by atoms with Crippen LogP contribution in [0.2, 0.25) is 0 Å². The molecule has 1 N–H and O–H groups in total. The zero-order chi connectivity index (χ0) is 25.8. The van der Waals surface area contributed by atoms with Crippen LogP contribution in [0.4, 0.5) is 0 Å². The van der Waals surface area contributed by atoms with E-state index < -0.39 is 84.7 Å². The number of hydrogen-bond acceptors (Lipinski definition) is 13. The maximum atomic E-state index is 12.5. The minimum atomic E-state index is -2.05. The normalized spacial score (nSPS) is 28.8. The number of methoxy groups -OCH3 is 1. The largest absolute Gasteiger partial charge is 0.465 e. The lowest BCUT2D eigenvalue weighted by atomic mass is 9.89. The van der Waals surface area contributed by atoms with Gasteiger partial charge in [0.1, 0.15) is 12.7 Å². The molecule has 0 bridgehead atoms. The van der Waals surface area contributed by atoms with Gasteiger partial charge in [-0.15, -0.1) is 0 Å². The zero-order valence-corrected chi connectivity index (χ0v) is 19.5. The molecular formula is C20H27NO13. The molecule has 34 heavy (non-hydrogen) atoms. The monoisotopic (exact) mass is 489 g/mol. The van der Waals surface area contributed by atoms with Gasteiger partial charge in [-0.05, 0) is 0 Å². The van der Waals surface area contributed by atoms with Crippen molar-refractivity contribution < 1.29 is 61.9 Å². The Bertz CT molecular complexity index is 857. The Morgan fingerprint density at radius 2 is 1.50 bits per heavy atom. The molecule has 2 fully saturated rings. The molecular weight excluding hydrogens is 462 g/mol. The van der Waals surface area contributed by atoms with E-state index in [1.807, 2.05) is 0 Å². The molecule has 2 aliphatic heterocycles. The van der Waals surface area contributed by atoms with Crippen molar-refractivity contribution in [1.29, 1.82) is 0 Å². The highest BCUT2D eigenvalue weighted by molar-refractivity contribution is 5.82. The van der Waals surface area contributed by atoms with Gasteiger partial charge in [0.2, 0.25) is 5.91 Å². The van der Waals surface area contributed by atoms with E-state index >= 15 is 0 Å². The van der Waals surface area contributed by atoms with Gasteiger partial charge in [0, 0.05) is 34.6 Å². The van der Waals surface area contributed by atoms with Crippen LogP contribution in [0, 0.1) is 0 Å². The summed E-state index contributed by atoms with van der Waals surface area (Å²) in [5.41, 5.74) is 0. The summed E-state index contributed by atoms with van der Waals surface area (Å²) in [5, 5.41) is 2.53. The lowest BCUT2D eigenvalue weighted by Gasteiger charge is -2.42. The van der Waals surface area contributed by atoms with E-state index in [1.54, 1.807) is 0 Å². The lowest BCUT2D eigenvalue weighted by molar-refractivity contribution is -0.223. The van der Waals surface area contributed by atoms with E-state index in [-0.39, 0.29) is 0 Å². The van der Waals surface area contributed by atoms with Crippen LogP contribution in [0.1, 0.15) is 34.6 Å². The molecule has 7 atom stereocenters. The molecule has 1 amide bonds. The first kappa shape index (κ1) is 27.0. The van der Waals surface area contributed by atoms with Crippen LogP contribution >= 0.6 is 0 Å². The first-order valence-corrected chi connectivity index (χ1v) is 10.2. The van der Waals surface area contributed by atoms with Crippen LogP contribution in [0.25, 0.3) is 0 Å². The van der Waals surface area contributed by atoms with E-state index in [0.29, 0.717) is 0 Å². The number of nitrogens with one attached hydrogen (secondary N) is 1. The van der Waals surface area contributed by atoms with Crippen molar-refractivity contribution in [3.8, 4) is 0 Å². The summed E-state index contributed by atoms with van der Waals surface area (Å²) in [5.74, 6) is -6.79. The summed E-state index contributed by atoms with van der Waals surface area (Å²) < 4.78 is 36.8. The minimum absolute atomic E-state index is 0.562. The number of carbonyl (C=O) groups is 6. The van der Waals surface area contributed by atoms with Gasteiger partial charge in [0.05, 0.1) is 13.2 Å². The summed E-state index contributed by atoms with van der Waals surface area (Å²) in [7, 11) is 1.07. The third kappa shape index (κ3) is 6.20. The Kier molecular flexibility index (Phi) is 8.56. The van der Waals surface area contributed by atoms with Gasteiger partial charge < -0.3 is 38.5 Å². The summed E-state index contributed by atoms with van der Waals surface area (Å²) >= 11 is 0. The molecule has 14 heteroatoms. The molecule has 2 heterocycles. The maximum absolute atomic E-state index is 12.5. The van der Waals surface area contributed by atoms with Crippen molar-refractivity contribution >= 4 is 35.8 Å². The molecule has 14 nitrogen and oxygen atoms in total. The van der Waals surface area contributed by atoms with Crippen molar-refractivity contribution in [3.05, 3.63) is 0 Å². The summed E-state index contributed by atoms with van der Waals surface area (Å²) in [6.45, 7) is 4.93. The number of esters is 5. The fraction of sp³-hybridized carbons (Fsp3) is 0.700. The first-order valence-electron chi connectivity index (χ1n) is 10.2. The summed E-state index contributed by atoms with van der Waals surface area (Å²) in [4.78, 5) is 71.3. The molecule has 0 aliphatic carbocycles. The Hall–Kier alpha value is -3.26. The SMILES string of the molecule is COC(=O)[C@@]12OC([C@H](OC(C)=O)[C@@H](COC(C)=O)OC(C)=O)[C@H](NC(C)=O)C(OC(C)=O)C1O2. The molecule has 2 saturated heterocycles. The predicted octanol–water partition coefficient (Wildman–Crippen LogP) is -1.48. The highest BCUT2D eigenvalue weighted by Gasteiger charge is 2.76. The molecule has 0 saturated carbocycles. The van der Waals surface area contributed by atoms with Crippen molar-refractivity contribution in [1.82, 2.24) is 5.32 Å². The molecule has 0 spiro atoms. The van der Waals surface area contributed by atoms with Crippen LogP contribution in [0.5, 0.6) is 0 Å². The number of hydrogen-bond donors (Lipinski definition) is 1. The van der Waals surface area contributed by atoms with Crippen LogP contribution in [0.3, 0.4) is 0 Å². The zero-order valence-electron chi connectivity index (χ0n) is 19.5. The van der Waals surface area contributed by atoms with Crippen LogP contribution < -0.4 is 5.32 Å². The fourth-order valence-corrected chi connectivity index (χ4v) is 3.69. The molecule has 0 aromatic rings. The van der Waals surface area contributed by atoms with E-state index in [0.717, 1.165) is 34.8 Å². The number of amides is 1. The molecule has 0 radical (unpaired) electrons. The van der Waals surface area contributed by atoms with Crippen LogP contribution in [-0.2, 0) is 61.9 Å². The Morgan fingerprint density at radius 1 is 0.882 bits per heavy atom. The highest BCUT2D eigenvalue weighted by atomic mass is 16.8. The van der Waals surface area contributed by atoms with Crippen molar-refractivity contribution in [2.45, 2.75) is 77.0 Å². The van der Waals surface area contributed by atoms with Gasteiger partial charge in [-0.1, -0.05) is 0 Å². The van der Waals surface area contributed by atoms with Gasteiger partial charge in [0.25, 0.3) is 0 Å². The quantitative estimate of drug-likeness (QED) is 0.225. The average molecular weight is 489 g/mol. The van der Waals surface area contributed by atoms with Crippen LogP contribution in [-0.4, -0.2) is 91.8 Å². The second kappa shape index (κ2) is 10.8. The van der Waals surface area contributed by atoms with Crippen molar-refractivity contribution in [2.24, 2.45) is 0 Å². The third-order valence-corrected chi connectivity index (χ3v) is 4.84. The number of rotatable bonds is 9. The van der Waals surface area contributed by atoms with Gasteiger partial charge in [-0.3, -0.25) is 24.0 Å². The Labute approximate surface area is 194 Å². The van der Waals surface area contributed by atoms with Gasteiger partial charge in [-0.25, -0.2) is 4.79 Å². The number of ether oxygens (including phenoxy) is 7. The Morgan fingerprint density at radius 3 is 1.97 bits per heavy atom. The first-order chi connectivity index (χ1) is 15.8. The predicted molar refractivity (Wildman–Crippen MR) is 105 cm³/mol. The molecule has 0 aromatic heterocycles. The van der Waals surface area contributed by atoms with Gasteiger partial charge in [-0.2, -0.15) is 0 Å². The smallest absolute Gasteiger partial charge is 0.369 e. The fourth-order valence-electron chi connectivity index (χ4n) is 3.69. The number of carbonyl (C=O) groups excluding carboxylic acids is 6. The summed E-state index contributed by atoms with van der Waals surface area (Å²) in [6, 6.07) is -1.24. The highest BCUT2D eigenvalue weighted by Crippen LogP contribution is 2.49. The summed E-state index contributed by atoms with van der Waals surface area (Å²) in [6.07, 6.45) is -6.92. The van der Waals surface area contributed by atoms with Crippen molar-refractivity contribution in [2.75, 3.05) is 13.7 Å². The van der Waals surface area contributed by atoms with E-state index in [1.165, 1.54) is 6.92 Å². The van der Waals surface area contributed by atoms with E-state index in [2.05, 4.69) is 5.32 Å². The molecule has 190 valence electrons.